The van der Waals surface area contributed by atoms with Crippen LogP contribution in [0, 0.1) is 0 Å². The van der Waals surface area contributed by atoms with Crippen molar-refractivity contribution in [3.8, 4) is 0 Å². The van der Waals surface area contributed by atoms with Gasteiger partial charge in [-0.25, -0.2) is 0 Å². The first-order valence-electron chi connectivity index (χ1n) is 8.46. The first-order chi connectivity index (χ1) is 12.2. The van der Waals surface area contributed by atoms with Gasteiger partial charge in [0.05, 0.1) is 15.6 Å². The van der Waals surface area contributed by atoms with Gasteiger partial charge in [-0.2, -0.15) is 0 Å². The number of rotatable bonds is 3. The van der Waals surface area contributed by atoms with E-state index in [1.54, 1.807) is 0 Å². The summed E-state index contributed by atoms with van der Waals surface area (Å²) in [5, 5.41) is 2.48. The smallest absolute Gasteiger partial charge is 0.0722 e. The molecular weight excluding hydrogens is 353 g/mol. The number of fused-ring (bicyclic) bond motifs is 1. The van der Waals surface area contributed by atoms with Crippen molar-refractivity contribution < 1.29 is 0 Å². The zero-order valence-electron chi connectivity index (χ0n) is 13.8. The van der Waals surface area contributed by atoms with Gasteiger partial charge in [0.1, 0.15) is 0 Å². The average molecular weight is 372 g/mol. The molecule has 0 aliphatic carbocycles. The summed E-state index contributed by atoms with van der Waals surface area (Å²) in [6.07, 6.45) is 1.85. The van der Waals surface area contributed by atoms with E-state index in [1.807, 2.05) is 24.4 Å². The van der Waals surface area contributed by atoms with Gasteiger partial charge in [-0.3, -0.25) is 9.88 Å². The van der Waals surface area contributed by atoms with E-state index >= 15 is 0 Å². The Bertz CT molecular complexity index is 889. The maximum Gasteiger partial charge on any atom is 0.0722 e. The number of benzene rings is 2. The summed E-state index contributed by atoms with van der Waals surface area (Å²) in [5.74, 6) is 0. The number of halogens is 2. The molecule has 0 spiro atoms. The van der Waals surface area contributed by atoms with E-state index in [9.17, 15) is 0 Å². The first-order valence-corrected chi connectivity index (χ1v) is 9.21. The van der Waals surface area contributed by atoms with Crippen molar-refractivity contribution >= 4 is 39.8 Å². The summed E-state index contributed by atoms with van der Waals surface area (Å²) in [6, 6.07) is 16.4. The number of pyridine rings is 1. The van der Waals surface area contributed by atoms with Crippen molar-refractivity contribution in [3.05, 3.63) is 70.3 Å². The Morgan fingerprint density at radius 1 is 0.920 bits per heavy atom. The Kier molecular flexibility index (Phi) is 4.80. The van der Waals surface area contributed by atoms with E-state index in [2.05, 4.69) is 45.1 Å². The number of hydrogen-bond acceptors (Lipinski definition) is 3. The molecule has 0 N–H and O–H groups in total. The molecule has 0 saturated carbocycles. The molecular formula is C20H19Cl2N3. The number of piperazine rings is 1. The maximum absolute atomic E-state index is 6.32. The van der Waals surface area contributed by atoms with Crippen molar-refractivity contribution in [2.75, 3.05) is 31.1 Å². The van der Waals surface area contributed by atoms with Crippen molar-refractivity contribution in [1.82, 2.24) is 9.88 Å². The van der Waals surface area contributed by atoms with Gasteiger partial charge in [0.2, 0.25) is 0 Å². The zero-order valence-corrected chi connectivity index (χ0v) is 15.3. The highest BCUT2D eigenvalue weighted by molar-refractivity contribution is 6.42. The number of anilines is 1. The van der Waals surface area contributed by atoms with Gasteiger partial charge in [0.25, 0.3) is 0 Å². The van der Waals surface area contributed by atoms with Crippen LogP contribution in [0.15, 0.2) is 54.7 Å². The van der Waals surface area contributed by atoms with Gasteiger partial charge in [0.15, 0.2) is 0 Å². The molecule has 1 aromatic heterocycles. The predicted molar refractivity (Wildman–Crippen MR) is 106 cm³/mol. The van der Waals surface area contributed by atoms with Crippen LogP contribution in [0.2, 0.25) is 10.0 Å². The highest BCUT2D eigenvalue weighted by Gasteiger charge is 2.18. The van der Waals surface area contributed by atoms with Crippen LogP contribution in [-0.2, 0) is 6.54 Å². The summed E-state index contributed by atoms with van der Waals surface area (Å²) < 4.78 is 0. The van der Waals surface area contributed by atoms with Crippen LogP contribution < -0.4 is 4.90 Å². The fourth-order valence-electron chi connectivity index (χ4n) is 3.33. The molecule has 128 valence electrons. The largest absolute Gasteiger partial charge is 0.369 e. The molecule has 1 fully saturated rings. The van der Waals surface area contributed by atoms with Crippen molar-refractivity contribution in [3.63, 3.8) is 0 Å². The number of aromatic nitrogens is 1. The summed E-state index contributed by atoms with van der Waals surface area (Å²) in [6.45, 7) is 4.84. The van der Waals surface area contributed by atoms with Crippen LogP contribution >= 0.6 is 23.2 Å². The summed E-state index contributed by atoms with van der Waals surface area (Å²) in [5.41, 5.74) is 3.39. The minimum atomic E-state index is 0.626. The van der Waals surface area contributed by atoms with E-state index in [1.165, 1.54) is 11.1 Å². The number of hydrogen-bond donors (Lipinski definition) is 0. The Morgan fingerprint density at radius 2 is 1.76 bits per heavy atom. The molecule has 1 aliphatic heterocycles. The van der Waals surface area contributed by atoms with Gasteiger partial charge >= 0.3 is 0 Å². The normalized spacial score (nSPS) is 15.7. The fraction of sp³-hybridized carbons (Fsp3) is 0.250. The fourth-order valence-corrected chi connectivity index (χ4v) is 3.71. The highest BCUT2D eigenvalue weighted by Crippen LogP contribution is 2.27. The van der Waals surface area contributed by atoms with Crippen LogP contribution in [-0.4, -0.2) is 36.1 Å². The molecule has 25 heavy (non-hydrogen) atoms. The van der Waals surface area contributed by atoms with Crippen molar-refractivity contribution in [1.29, 1.82) is 0 Å². The van der Waals surface area contributed by atoms with Gasteiger partial charge in [-0.1, -0.05) is 47.5 Å². The molecule has 5 heteroatoms. The molecule has 4 rings (SSSR count). The quantitative estimate of drug-likeness (QED) is 0.654. The molecule has 0 bridgehead atoms. The van der Waals surface area contributed by atoms with Crippen LogP contribution in [0.5, 0.6) is 0 Å². The second-order valence-corrected chi connectivity index (χ2v) is 7.14. The molecule has 0 radical (unpaired) electrons. The zero-order chi connectivity index (χ0) is 17.2. The van der Waals surface area contributed by atoms with Crippen LogP contribution in [0.25, 0.3) is 10.9 Å². The Balaban J connectivity index is 1.43. The van der Waals surface area contributed by atoms with E-state index in [0.29, 0.717) is 10.0 Å². The SMILES string of the molecule is Clc1cccc(CN2CCN(c3ccc4cccnc4c3)CC2)c1Cl. The predicted octanol–water partition coefficient (Wildman–Crippen LogP) is 4.86. The highest BCUT2D eigenvalue weighted by atomic mass is 35.5. The molecule has 1 aliphatic rings. The molecule has 0 atom stereocenters. The third-order valence-corrected chi connectivity index (χ3v) is 5.61. The van der Waals surface area contributed by atoms with Gasteiger partial charge in [-0.05, 0) is 29.8 Å². The molecule has 2 aromatic carbocycles. The van der Waals surface area contributed by atoms with Crippen LogP contribution in [0.4, 0.5) is 5.69 Å². The minimum absolute atomic E-state index is 0.626. The summed E-state index contributed by atoms with van der Waals surface area (Å²) in [7, 11) is 0. The van der Waals surface area contributed by atoms with E-state index in [4.69, 9.17) is 23.2 Å². The third kappa shape index (κ3) is 3.59. The lowest BCUT2D eigenvalue weighted by Crippen LogP contribution is -2.46. The van der Waals surface area contributed by atoms with E-state index < -0.39 is 0 Å². The maximum atomic E-state index is 6.32. The molecule has 0 unspecified atom stereocenters. The molecule has 2 heterocycles. The lowest BCUT2D eigenvalue weighted by Gasteiger charge is -2.36. The lowest BCUT2D eigenvalue weighted by atomic mass is 10.1. The molecule has 3 aromatic rings. The standard InChI is InChI=1S/C20H19Cl2N3/c21-18-5-1-3-16(20(18)22)14-24-9-11-25(12-10-24)17-7-6-15-4-2-8-23-19(15)13-17/h1-8,13H,9-12,14H2. The molecule has 0 amide bonds. The second-order valence-electron chi connectivity index (χ2n) is 6.36. The van der Waals surface area contributed by atoms with Gasteiger partial charge in [-0.15, -0.1) is 0 Å². The summed E-state index contributed by atoms with van der Waals surface area (Å²) in [4.78, 5) is 9.31. The van der Waals surface area contributed by atoms with Crippen molar-refractivity contribution in [2.45, 2.75) is 6.54 Å². The molecule has 3 nitrogen and oxygen atoms in total. The van der Waals surface area contributed by atoms with Gasteiger partial charge < -0.3 is 4.90 Å². The molecule has 1 saturated heterocycles. The topological polar surface area (TPSA) is 19.4 Å². The number of nitrogens with zero attached hydrogens (tertiary/aromatic N) is 3. The Hall–Kier alpha value is -1.81. The second kappa shape index (κ2) is 7.20. The third-order valence-electron chi connectivity index (χ3n) is 4.75. The Morgan fingerprint density at radius 3 is 2.60 bits per heavy atom. The summed E-state index contributed by atoms with van der Waals surface area (Å²) >= 11 is 12.4. The van der Waals surface area contributed by atoms with Crippen LogP contribution in [0.3, 0.4) is 0 Å². The van der Waals surface area contributed by atoms with E-state index in [0.717, 1.165) is 43.8 Å². The Labute approximate surface area is 157 Å². The monoisotopic (exact) mass is 371 g/mol. The van der Waals surface area contributed by atoms with E-state index in [-0.39, 0.29) is 0 Å². The van der Waals surface area contributed by atoms with Crippen molar-refractivity contribution in [2.24, 2.45) is 0 Å². The average Bonchev–Trinajstić information content (AvgIpc) is 2.66. The minimum Gasteiger partial charge on any atom is -0.369 e. The van der Waals surface area contributed by atoms with Gasteiger partial charge in [0, 0.05) is 50.0 Å². The lowest BCUT2D eigenvalue weighted by molar-refractivity contribution is 0.250. The van der Waals surface area contributed by atoms with Crippen LogP contribution in [0.1, 0.15) is 5.56 Å². The first kappa shape index (κ1) is 16.6.